The van der Waals surface area contributed by atoms with Crippen molar-refractivity contribution in [2.75, 3.05) is 26.9 Å². The van der Waals surface area contributed by atoms with E-state index in [1.54, 1.807) is 30.3 Å². The number of nitrogens with zero attached hydrogens (tertiary/aromatic N) is 1. The molecule has 0 saturated carbocycles. The molecule has 1 fully saturated rings. The molecule has 1 aliphatic heterocycles. The molecule has 0 bridgehead atoms. The Balaban J connectivity index is 2.05. The zero-order chi connectivity index (χ0) is 16.8. The van der Waals surface area contributed by atoms with Crippen LogP contribution in [0.1, 0.15) is 5.56 Å². The number of amides is 2. The molecule has 1 saturated heterocycles. The third-order valence-corrected chi connectivity index (χ3v) is 3.84. The van der Waals surface area contributed by atoms with Crippen LogP contribution in [0.2, 0.25) is 0 Å². The number of hydrogen-bond acceptors (Lipinski definition) is 6. The van der Waals surface area contributed by atoms with Crippen LogP contribution in [0.25, 0.3) is 6.08 Å². The summed E-state index contributed by atoms with van der Waals surface area (Å²) >= 11 is 0.879. The number of hydrogen-bond donors (Lipinski definition) is 1. The first-order chi connectivity index (χ1) is 11.0. The average Bonchev–Trinajstić information content (AvgIpc) is 2.78. The van der Waals surface area contributed by atoms with Gasteiger partial charge in [-0.3, -0.25) is 14.5 Å². The predicted molar refractivity (Wildman–Crippen MR) is 84.1 cm³/mol. The van der Waals surface area contributed by atoms with Crippen molar-refractivity contribution in [3.63, 3.8) is 0 Å². The number of carbonyl (C=O) groups excluding carboxylic acids is 2. The third kappa shape index (κ3) is 4.57. The second-order valence-electron chi connectivity index (χ2n) is 4.58. The fourth-order valence-electron chi connectivity index (χ4n) is 1.83. The van der Waals surface area contributed by atoms with E-state index in [1.165, 1.54) is 7.11 Å². The molecule has 1 heterocycles. The van der Waals surface area contributed by atoms with E-state index in [9.17, 15) is 14.4 Å². The van der Waals surface area contributed by atoms with Crippen LogP contribution in [-0.2, 0) is 14.3 Å². The molecule has 0 aliphatic carbocycles. The van der Waals surface area contributed by atoms with E-state index in [0.29, 0.717) is 22.8 Å². The Bertz CT molecular complexity index is 640. The highest BCUT2D eigenvalue weighted by molar-refractivity contribution is 8.18. The molecule has 1 N–H and O–H groups in total. The van der Waals surface area contributed by atoms with Gasteiger partial charge in [-0.05, 0) is 35.5 Å². The van der Waals surface area contributed by atoms with Crippen molar-refractivity contribution in [1.29, 1.82) is 0 Å². The van der Waals surface area contributed by atoms with Gasteiger partial charge in [-0.2, -0.15) is 0 Å². The van der Waals surface area contributed by atoms with Crippen LogP contribution in [0.3, 0.4) is 0 Å². The first-order valence-electron chi connectivity index (χ1n) is 6.70. The zero-order valence-electron chi connectivity index (χ0n) is 12.4. The summed E-state index contributed by atoms with van der Waals surface area (Å²) in [5.41, 5.74) is 0.713. The second kappa shape index (κ2) is 7.80. The maximum absolute atomic E-state index is 12.1. The van der Waals surface area contributed by atoms with E-state index in [1.807, 2.05) is 0 Å². The maximum Gasteiger partial charge on any atom is 0.341 e. The maximum atomic E-state index is 12.1. The van der Waals surface area contributed by atoms with Crippen LogP contribution in [0.4, 0.5) is 4.79 Å². The highest BCUT2D eigenvalue weighted by Crippen LogP contribution is 2.32. The van der Waals surface area contributed by atoms with Crippen LogP contribution in [0.5, 0.6) is 5.75 Å². The lowest BCUT2D eigenvalue weighted by molar-refractivity contribution is -0.139. The van der Waals surface area contributed by atoms with E-state index in [0.717, 1.165) is 16.7 Å². The summed E-state index contributed by atoms with van der Waals surface area (Å²) in [4.78, 5) is 35.8. The molecule has 0 spiro atoms. The minimum atomic E-state index is -1.06. The minimum Gasteiger partial charge on any atom is -0.482 e. The summed E-state index contributed by atoms with van der Waals surface area (Å²) in [5.74, 6) is -0.986. The summed E-state index contributed by atoms with van der Waals surface area (Å²) < 4.78 is 9.90. The molecule has 0 unspecified atom stereocenters. The Morgan fingerprint density at radius 3 is 2.61 bits per heavy atom. The van der Waals surface area contributed by atoms with Crippen LogP contribution in [-0.4, -0.2) is 54.0 Å². The van der Waals surface area contributed by atoms with Crippen LogP contribution in [0.15, 0.2) is 29.2 Å². The summed E-state index contributed by atoms with van der Waals surface area (Å²) in [6.45, 7) is 0.0964. The number of ether oxygens (including phenoxy) is 2. The molecule has 8 heteroatoms. The van der Waals surface area contributed by atoms with Crippen molar-refractivity contribution in [1.82, 2.24) is 4.90 Å². The first-order valence-corrected chi connectivity index (χ1v) is 7.52. The number of methoxy groups -OCH3 is 1. The third-order valence-electron chi connectivity index (χ3n) is 2.93. The van der Waals surface area contributed by atoms with Gasteiger partial charge >= 0.3 is 5.97 Å². The van der Waals surface area contributed by atoms with Gasteiger partial charge in [0.2, 0.25) is 0 Å². The van der Waals surface area contributed by atoms with Gasteiger partial charge in [-0.15, -0.1) is 0 Å². The van der Waals surface area contributed by atoms with Crippen LogP contribution < -0.4 is 4.74 Å². The lowest BCUT2D eigenvalue weighted by Crippen LogP contribution is -2.31. The molecule has 0 radical (unpaired) electrons. The second-order valence-corrected chi connectivity index (χ2v) is 5.57. The molecule has 122 valence electrons. The van der Waals surface area contributed by atoms with Crippen LogP contribution in [0, 0.1) is 0 Å². The number of imide groups is 1. The Labute approximate surface area is 136 Å². The van der Waals surface area contributed by atoms with Gasteiger partial charge in [-0.1, -0.05) is 12.1 Å². The number of carboxylic acids is 1. The Kier molecular flexibility index (Phi) is 5.78. The van der Waals surface area contributed by atoms with E-state index in [2.05, 4.69) is 0 Å². The molecule has 2 rings (SSSR count). The normalized spacial score (nSPS) is 16.2. The van der Waals surface area contributed by atoms with Gasteiger partial charge in [-0.25, -0.2) is 4.79 Å². The van der Waals surface area contributed by atoms with E-state index < -0.39 is 12.6 Å². The number of carbonyl (C=O) groups is 3. The monoisotopic (exact) mass is 337 g/mol. The molecule has 0 atom stereocenters. The highest BCUT2D eigenvalue weighted by Gasteiger charge is 2.34. The summed E-state index contributed by atoms with van der Waals surface area (Å²) in [6, 6.07) is 6.56. The Morgan fingerprint density at radius 1 is 1.30 bits per heavy atom. The SMILES string of the molecule is COCCN1C(=O)S/C(=C/c2ccc(OCC(=O)O)cc2)C1=O. The van der Waals surface area contributed by atoms with Crippen molar-refractivity contribution in [3.8, 4) is 5.75 Å². The minimum absolute atomic E-state index is 0.223. The number of aliphatic carboxylic acids is 1. The molecular weight excluding hydrogens is 322 g/mol. The van der Waals surface area contributed by atoms with Gasteiger partial charge in [0.05, 0.1) is 18.1 Å². The molecular formula is C15H15NO6S. The van der Waals surface area contributed by atoms with Gasteiger partial charge < -0.3 is 14.6 Å². The van der Waals surface area contributed by atoms with Crippen molar-refractivity contribution in [2.45, 2.75) is 0 Å². The molecule has 1 aliphatic rings. The number of thioether (sulfide) groups is 1. The van der Waals surface area contributed by atoms with Gasteiger partial charge in [0.1, 0.15) is 5.75 Å². The number of benzene rings is 1. The quantitative estimate of drug-likeness (QED) is 0.759. The molecule has 2 amide bonds. The van der Waals surface area contributed by atoms with Crippen LogP contribution >= 0.6 is 11.8 Å². The molecule has 23 heavy (non-hydrogen) atoms. The smallest absolute Gasteiger partial charge is 0.341 e. The van der Waals surface area contributed by atoms with Crippen molar-refractivity contribution in [3.05, 3.63) is 34.7 Å². The first kappa shape index (κ1) is 17.0. The van der Waals surface area contributed by atoms with E-state index in [-0.39, 0.29) is 17.7 Å². The van der Waals surface area contributed by atoms with Gasteiger partial charge in [0.15, 0.2) is 6.61 Å². The van der Waals surface area contributed by atoms with Gasteiger partial charge in [0.25, 0.3) is 11.1 Å². The molecule has 7 nitrogen and oxygen atoms in total. The van der Waals surface area contributed by atoms with Crippen molar-refractivity contribution < 1.29 is 29.0 Å². The fraction of sp³-hybridized carbons (Fsp3) is 0.267. The largest absolute Gasteiger partial charge is 0.482 e. The lowest BCUT2D eigenvalue weighted by Gasteiger charge is -2.10. The predicted octanol–water partition coefficient (Wildman–Crippen LogP) is 1.83. The van der Waals surface area contributed by atoms with Crippen molar-refractivity contribution >= 4 is 35.0 Å². The Morgan fingerprint density at radius 2 is 2.00 bits per heavy atom. The summed E-state index contributed by atoms with van der Waals surface area (Å²) in [5, 5.41) is 8.22. The standard InChI is InChI=1S/C15H15NO6S/c1-21-7-6-16-14(19)12(23-15(16)20)8-10-2-4-11(5-3-10)22-9-13(17)18/h2-5,8H,6-7,9H2,1H3,(H,17,18)/b12-8+. The lowest BCUT2D eigenvalue weighted by atomic mass is 10.2. The molecule has 0 aromatic heterocycles. The van der Waals surface area contributed by atoms with E-state index >= 15 is 0 Å². The molecule has 1 aromatic carbocycles. The summed E-state index contributed by atoms with van der Waals surface area (Å²) in [7, 11) is 1.50. The number of carboxylic acid groups (broad SMARTS) is 1. The zero-order valence-corrected chi connectivity index (χ0v) is 13.2. The number of rotatable bonds is 7. The molecule has 1 aromatic rings. The average molecular weight is 337 g/mol. The highest BCUT2D eigenvalue weighted by atomic mass is 32.2. The Hall–Kier alpha value is -2.32. The fourth-order valence-corrected chi connectivity index (χ4v) is 2.70. The topological polar surface area (TPSA) is 93.1 Å². The van der Waals surface area contributed by atoms with E-state index in [4.69, 9.17) is 14.6 Å². The van der Waals surface area contributed by atoms with Gasteiger partial charge in [0, 0.05) is 7.11 Å². The van der Waals surface area contributed by atoms with Crippen molar-refractivity contribution in [2.24, 2.45) is 0 Å². The summed E-state index contributed by atoms with van der Waals surface area (Å²) in [6.07, 6.45) is 1.61.